The molecule has 1 atom stereocenters. The van der Waals surface area contributed by atoms with E-state index in [-0.39, 0.29) is 6.03 Å². The molecule has 5 heteroatoms. The van der Waals surface area contributed by atoms with Crippen LogP contribution in [0.4, 0.5) is 4.79 Å². The average molecular weight is 266 g/mol. The van der Waals surface area contributed by atoms with Crippen molar-refractivity contribution in [2.45, 2.75) is 45.1 Å². The van der Waals surface area contributed by atoms with Crippen LogP contribution in [-0.4, -0.2) is 52.6 Å². The topological polar surface area (TPSA) is 60.9 Å². The summed E-state index contributed by atoms with van der Waals surface area (Å²) in [5.74, 6) is -0.876. The maximum Gasteiger partial charge on any atom is 0.326 e. The van der Waals surface area contributed by atoms with Crippen LogP contribution in [0, 0.1) is 0 Å². The molecule has 2 aliphatic heterocycles. The van der Waals surface area contributed by atoms with Gasteiger partial charge in [-0.15, -0.1) is 0 Å². The van der Waals surface area contributed by atoms with Crippen LogP contribution in [0.15, 0.2) is 11.6 Å². The zero-order valence-corrected chi connectivity index (χ0v) is 11.5. The highest BCUT2D eigenvalue weighted by Gasteiger charge is 2.33. The number of nitrogens with zero attached hydrogens (tertiary/aromatic N) is 2. The molecule has 2 rings (SSSR count). The summed E-state index contributed by atoms with van der Waals surface area (Å²) in [5.41, 5.74) is 1.30. The van der Waals surface area contributed by atoms with E-state index in [1.165, 1.54) is 5.57 Å². The highest BCUT2D eigenvalue weighted by atomic mass is 16.4. The summed E-state index contributed by atoms with van der Waals surface area (Å²) in [6, 6.07) is -0.764. The molecule has 2 amide bonds. The van der Waals surface area contributed by atoms with Crippen molar-refractivity contribution in [3.8, 4) is 0 Å². The number of carboxylic acid groups (broad SMARTS) is 1. The van der Waals surface area contributed by atoms with Gasteiger partial charge in [0, 0.05) is 19.6 Å². The van der Waals surface area contributed by atoms with Crippen molar-refractivity contribution in [3.05, 3.63) is 11.6 Å². The Bertz CT molecular complexity index is 392. The second kappa shape index (κ2) is 6.08. The zero-order chi connectivity index (χ0) is 13.8. The van der Waals surface area contributed by atoms with E-state index in [9.17, 15) is 14.7 Å². The molecule has 5 nitrogen and oxygen atoms in total. The van der Waals surface area contributed by atoms with Crippen LogP contribution < -0.4 is 0 Å². The smallest absolute Gasteiger partial charge is 0.326 e. The molecule has 2 aliphatic rings. The summed E-state index contributed by atoms with van der Waals surface area (Å²) >= 11 is 0. The standard InChI is InChI=1S/C14H22N2O3/c1-11-6-9-15(10-7-11)14(19)16-8-4-2-3-5-12(16)13(17)18/h6,12H,2-5,7-10H2,1H3,(H,17,18). The Morgan fingerprint density at radius 2 is 2.05 bits per heavy atom. The molecule has 0 aliphatic carbocycles. The quantitative estimate of drug-likeness (QED) is 0.739. The predicted molar refractivity (Wildman–Crippen MR) is 71.9 cm³/mol. The highest BCUT2D eigenvalue weighted by Crippen LogP contribution is 2.20. The molecule has 0 bridgehead atoms. The summed E-state index contributed by atoms with van der Waals surface area (Å²) in [5, 5.41) is 9.30. The Morgan fingerprint density at radius 1 is 1.26 bits per heavy atom. The highest BCUT2D eigenvalue weighted by molar-refractivity contribution is 5.83. The molecule has 0 radical (unpaired) electrons. The molecule has 0 aromatic heterocycles. The van der Waals surface area contributed by atoms with Crippen LogP contribution in [0.25, 0.3) is 0 Å². The van der Waals surface area contributed by atoms with Crippen molar-refractivity contribution in [1.82, 2.24) is 9.80 Å². The minimum Gasteiger partial charge on any atom is -0.480 e. The second-order valence-corrected chi connectivity index (χ2v) is 5.43. The van der Waals surface area contributed by atoms with Gasteiger partial charge in [0.05, 0.1) is 0 Å². The van der Waals surface area contributed by atoms with Crippen LogP contribution in [0.3, 0.4) is 0 Å². The number of aliphatic carboxylic acids is 1. The number of hydrogen-bond acceptors (Lipinski definition) is 2. The number of likely N-dealkylation sites (tertiary alicyclic amines) is 1. The lowest BCUT2D eigenvalue weighted by Gasteiger charge is -2.34. The summed E-state index contributed by atoms with van der Waals surface area (Å²) < 4.78 is 0. The first-order valence-electron chi connectivity index (χ1n) is 7.03. The van der Waals surface area contributed by atoms with E-state index >= 15 is 0 Å². The Labute approximate surface area is 113 Å². The predicted octanol–water partition coefficient (Wildman–Crippen LogP) is 2.09. The third kappa shape index (κ3) is 3.28. The molecule has 1 fully saturated rings. The average Bonchev–Trinajstić information content (AvgIpc) is 2.64. The first-order chi connectivity index (χ1) is 9.09. The molecule has 1 saturated heterocycles. The van der Waals surface area contributed by atoms with Gasteiger partial charge in [-0.25, -0.2) is 9.59 Å². The van der Waals surface area contributed by atoms with E-state index in [1.807, 2.05) is 0 Å². The third-order valence-corrected chi connectivity index (χ3v) is 3.99. The fourth-order valence-electron chi connectivity index (χ4n) is 2.72. The number of carbonyl (C=O) groups excluding carboxylic acids is 1. The summed E-state index contributed by atoms with van der Waals surface area (Å²) in [6.07, 6.45) is 6.31. The molecule has 106 valence electrons. The first kappa shape index (κ1) is 13.9. The number of amides is 2. The minimum absolute atomic E-state index is 0.113. The van der Waals surface area contributed by atoms with E-state index in [0.29, 0.717) is 26.1 Å². The lowest BCUT2D eigenvalue weighted by molar-refractivity contribution is -0.142. The van der Waals surface area contributed by atoms with E-state index < -0.39 is 12.0 Å². The number of urea groups is 1. The van der Waals surface area contributed by atoms with E-state index in [4.69, 9.17) is 0 Å². The first-order valence-corrected chi connectivity index (χ1v) is 7.03. The van der Waals surface area contributed by atoms with Crippen LogP contribution in [0.5, 0.6) is 0 Å². The minimum atomic E-state index is -0.876. The van der Waals surface area contributed by atoms with Gasteiger partial charge in [-0.2, -0.15) is 0 Å². The number of carboxylic acids is 1. The molecule has 0 spiro atoms. The number of hydrogen-bond donors (Lipinski definition) is 1. The summed E-state index contributed by atoms with van der Waals surface area (Å²) in [7, 11) is 0. The van der Waals surface area contributed by atoms with Gasteiger partial charge in [-0.3, -0.25) is 0 Å². The molecule has 1 unspecified atom stereocenters. The van der Waals surface area contributed by atoms with Crippen LogP contribution in [0.2, 0.25) is 0 Å². The normalized spacial score (nSPS) is 24.7. The Kier molecular flexibility index (Phi) is 4.45. The number of rotatable bonds is 1. The van der Waals surface area contributed by atoms with Crippen molar-refractivity contribution in [2.24, 2.45) is 0 Å². The lowest BCUT2D eigenvalue weighted by Crippen LogP contribution is -2.51. The molecule has 2 heterocycles. The summed E-state index contributed by atoms with van der Waals surface area (Å²) in [4.78, 5) is 27.1. The Balaban J connectivity index is 2.08. The number of carbonyl (C=O) groups is 2. The van der Waals surface area contributed by atoms with Gasteiger partial charge in [0.2, 0.25) is 0 Å². The van der Waals surface area contributed by atoms with E-state index in [0.717, 1.165) is 25.7 Å². The van der Waals surface area contributed by atoms with Gasteiger partial charge in [-0.1, -0.05) is 24.5 Å². The molecule has 0 aromatic carbocycles. The van der Waals surface area contributed by atoms with Gasteiger partial charge in [0.25, 0.3) is 0 Å². The van der Waals surface area contributed by atoms with Crippen molar-refractivity contribution in [2.75, 3.05) is 19.6 Å². The van der Waals surface area contributed by atoms with E-state index in [1.54, 1.807) is 9.80 Å². The van der Waals surface area contributed by atoms with Crippen molar-refractivity contribution in [1.29, 1.82) is 0 Å². The fourth-order valence-corrected chi connectivity index (χ4v) is 2.72. The van der Waals surface area contributed by atoms with Gasteiger partial charge < -0.3 is 14.9 Å². The summed E-state index contributed by atoms with van der Waals surface area (Å²) in [6.45, 7) is 3.93. The maximum absolute atomic E-state index is 12.5. The third-order valence-electron chi connectivity index (χ3n) is 3.99. The molecule has 1 N–H and O–H groups in total. The largest absolute Gasteiger partial charge is 0.480 e. The van der Waals surface area contributed by atoms with Gasteiger partial charge in [-0.05, 0) is 26.2 Å². The Morgan fingerprint density at radius 3 is 2.68 bits per heavy atom. The van der Waals surface area contributed by atoms with Crippen LogP contribution in [-0.2, 0) is 4.79 Å². The van der Waals surface area contributed by atoms with Crippen LogP contribution >= 0.6 is 0 Å². The SMILES string of the molecule is CC1=CCN(C(=O)N2CCCCCC2C(=O)O)CC1. The van der Waals surface area contributed by atoms with Crippen molar-refractivity contribution in [3.63, 3.8) is 0 Å². The molecule has 0 aromatic rings. The Hall–Kier alpha value is -1.52. The lowest BCUT2D eigenvalue weighted by atomic mass is 10.1. The van der Waals surface area contributed by atoms with Crippen molar-refractivity contribution < 1.29 is 14.7 Å². The zero-order valence-electron chi connectivity index (χ0n) is 11.5. The van der Waals surface area contributed by atoms with Crippen molar-refractivity contribution >= 4 is 12.0 Å². The molecule has 0 saturated carbocycles. The monoisotopic (exact) mass is 266 g/mol. The van der Waals surface area contributed by atoms with Gasteiger partial charge in [0.1, 0.15) is 6.04 Å². The van der Waals surface area contributed by atoms with E-state index in [2.05, 4.69) is 13.0 Å². The maximum atomic E-state index is 12.5. The van der Waals surface area contributed by atoms with Gasteiger partial charge in [0.15, 0.2) is 0 Å². The molecular weight excluding hydrogens is 244 g/mol. The second-order valence-electron chi connectivity index (χ2n) is 5.43. The molecular formula is C14H22N2O3. The van der Waals surface area contributed by atoms with Crippen LogP contribution in [0.1, 0.15) is 39.0 Å². The van der Waals surface area contributed by atoms with Gasteiger partial charge >= 0.3 is 12.0 Å². The fraction of sp³-hybridized carbons (Fsp3) is 0.714. The molecule has 19 heavy (non-hydrogen) atoms.